The third kappa shape index (κ3) is 2.57. The number of carboxylic acid groups (broad SMARTS) is 1. The Morgan fingerprint density at radius 3 is 2.94 bits per heavy atom. The Balaban J connectivity index is 2.17. The van der Waals surface area contributed by atoms with E-state index in [0.717, 1.165) is 24.5 Å². The van der Waals surface area contributed by atoms with E-state index in [2.05, 4.69) is 16.9 Å². The number of hydrogen-bond donors (Lipinski definition) is 1. The Morgan fingerprint density at radius 2 is 2.33 bits per heavy atom. The van der Waals surface area contributed by atoms with Gasteiger partial charge in [-0.25, -0.2) is 4.98 Å². The molecule has 1 saturated heterocycles. The first-order valence-corrected chi connectivity index (χ1v) is 7.17. The summed E-state index contributed by atoms with van der Waals surface area (Å²) >= 11 is 1.60. The Morgan fingerprint density at radius 1 is 1.61 bits per heavy atom. The smallest absolute Gasteiger partial charge is 0.315 e. The predicted molar refractivity (Wildman–Crippen MR) is 72.2 cm³/mol. The lowest BCUT2D eigenvalue weighted by Crippen LogP contribution is -2.31. The second kappa shape index (κ2) is 4.97. The number of aromatic nitrogens is 1. The van der Waals surface area contributed by atoms with Gasteiger partial charge >= 0.3 is 5.97 Å². The molecule has 0 saturated carbocycles. The summed E-state index contributed by atoms with van der Waals surface area (Å²) in [5.41, 5.74) is -0.210. The molecular formula is C13H20N2O2S. The fourth-order valence-corrected chi connectivity index (χ4v) is 3.36. The van der Waals surface area contributed by atoms with Crippen molar-refractivity contribution in [2.24, 2.45) is 0 Å². The van der Waals surface area contributed by atoms with E-state index in [0.29, 0.717) is 11.6 Å². The standard InChI is InChI=1S/C13H20N2O2S/c1-13(2,12(16)17)10-8-18-11(14-10)9-5-4-6-15(3)7-9/h8-9H,4-7H2,1-3H3,(H,16,17). The number of likely N-dealkylation sites (N-methyl/N-ethyl adjacent to an activating group) is 1. The molecule has 18 heavy (non-hydrogen) atoms. The SMILES string of the molecule is CN1CCCC(c2nc(C(C)(C)C(=O)O)cs2)C1. The molecule has 5 heteroatoms. The fourth-order valence-electron chi connectivity index (χ4n) is 2.24. The minimum atomic E-state index is -0.894. The second-order valence-corrected chi connectivity index (χ2v) is 6.49. The molecule has 4 nitrogen and oxygen atoms in total. The predicted octanol–water partition coefficient (Wildman–Crippen LogP) is 2.31. The zero-order chi connectivity index (χ0) is 13.3. The fraction of sp³-hybridized carbons (Fsp3) is 0.692. The highest BCUT2D eigenvalue weighted by atomic mass is 32.1. The van der Waals surface area contributed by atoms with Crippen LogP contribution in [0.15, 0.2) is 5.38 Å². The normalized spacial score (nSPS) is 22.1. The van der Waals surface area contributed by atoms with Gasteiger partial charge in [0.25, 0.3) is 0 Å². The monoisotopic (exact) mass is 268 g/mol. The van der Waals surface area contributed by atoms with Crippen LogP contribution in [0.2, 0.25) is 0 Å². The molecule has 2 heterocycles. The van der Waals surface area contributed by atoms with E-state index in [-0.39, 0.29) is 0 Å². The summed E-state index contributed by atoms with van der Waals surface area (Å²) in [5, 5.41) is 12.2. The zero-order valence-corrected chi connectivity index (χ0v) is 12.0. The van der Waals surface area contributed by atoms with Gasteiger partial charge in [-0.2, -0.15) is 0 Å². The van der Waals surface area contributed by atoms with Crippen molar-refractivity contribution in [2.45, 2.75) is 38.0 Å². The van der Waals surface area contributed by atoms with Crippen molar-refractivity contribution in [1.29, 1.82) is 0 Å². The molecule has 1 aliphatic rings. The van der Waals surface area contributed by atoms with Crippen LogP contribution in [0.3, 0.4) is 0 Å². The first-order valence-electron chi connectivity index (χ1n) is 6.29. The van der Waals surface area contributed by atoms with E-state index in [1.165, 1.54) is 6.42 Å². The highest BCUT2D eigenvalue weighted by molar-refractivity contribution is 7.09. The molecule has 1 aromatic heterocycles. The molecule has 0 spiro atoms. The lowest BCUT2D eigenvalue weighted by Gasteiger charge is -2.28. The molecule has 0 aliphatic carbocycles. The summed E-state index contributed by atoms with van der Waals surface area (Å²) in [7, 11) is 2.13. The van der Waals surface area contributed by atoms with Crippen molar-refractivity contribution >= 4 is 17.3 Å². The Bertz CT molecular complexity index is 442. The number of carboxylic acids is 1. The molecule has 1 aliphatic heterocycles. The van der Waals surface area contributed by atoms with Crippen LogP contribution < -0.4 is 0 Å². The topological polar surface area (TPSA) is 53.4 Å². The zero-order valence-electron chi connectivity index (χ0n) is 11.1. The summed E-state index contributed by atoms with van der Waals surface area (Å²) in [6.45, 7) is 5.60. The van der Waals surface area contributed by atoms with Gasteiger partial charge in [0.1, 0.15) is 5.41 Å². The molecule has 1 aromatic rings. The molecule has 1 atom stereocenters. The van der Waals surface area contributed by atoms with Crippen molar-refractivity contribution in [3.8, 4) is 0 Å². The number of nitrogens with zero attached hydrogens (tertiary/aromatic N) is 2. The molecule has 0 amide bonds. The lowest BCUT2D eigenvalue weighted by molar-refractivity contribution is -0.142. The maximum absolute atomic E-state index is 11.2. The summed E-state index contributed by atoms with van der Waals surface area (Å²) in [5.74, 6) is -0.354. The molecule has 0 radical (unpaired) electrons. The number of likely N-dealkylation sites (tertiary alicyclic amines) is 1. The molecule has 1 N–H and O–H groups in total. The Labute approximate surface area is 112 Å². The van der Waals surface area contributed by atoms with E-state index in [9.17, 15) is 9.90 Å². The largest absolute Gasteiger partial charge is 0.481 e. The van der Waals surface area contributed by atoms with Crippen molar-refractivity contribution in [3.05, 3.63) is 16.1 Å². The maximum Gasteiger partial charge on any atom is 0.315 e. The molecule has 1 unspecified atom stereocenters. The minimum Gasteiger partial charge on any atom is -0.481 e. The van der Waals surface area contributed by atoms with Crippen LogP contribution in [0.4, 0.5) is 0 Å². The van der Waals surface area contributed by atoms with Crippen LogP contribution >= 0.6 is 11.3 Å². The lowest BCUT2D eigenvalue weighted by atomic mass is 9.90. The molecule has 0 bridgehead atoms. The van der Waals surface area contributed by atoms with E-state index in [4.69, 9.17) is 0 Å². The second-order valence-electron chi connectivity index (χ2n) is 5.60. The summed E-state index contributed by atoms with van der Waals surface area (Å²) in [6, 6.07) is 0. The van der Waals surface area contributed by atoms with E-state index < -0.39 is 11.4 Å². The summed E-state index contributed by atoms with van der Waals surface area (Å²) < 4.78 is 0. The van der Waals surface area contributed by atoms with Gasteiger partial charge in [-0.15, -0.1) is 11.3 Å². The molecule has 0 aromatic carbocycles. The van der Waals surface area contributed by atoms with Gasteiger partial charge in [-0.1, -0.05) is 0 Å². The first kappa shape index (κ1) is 13.5. The summed E-state index contributed by atoms with van der Waals surface area (Å²) in [6.07, 6.45) is 2.35. The van der Waals surface area contributed by atoms with Crippen molar-refractivity contribution < 1.29 is 9.90 Å². The third-order valence-electron chi connectivity index (χ3n) is 3.67. The average molecular weight is 268 g/mol. The first-order chi connectivity index (χ1) is 8.41. The van der Waals surface area contributed by atoms with Crippen LogP contribution in [0.1, 0.15) is 43.3 Å². The number of rotatable bonds is 3. The number of aliphatic carboxylic acids is 1. The molecule has 100 valence electrons. The van der Waals surface area contributed by atoms with Crippen molar-refractivity contribution in [1.82, 2.24) is 9.88 Å². The number of carbonyl (C=O) groups is 1. The molecule has 1 fully saturated rings. The summed E-state index contributed by atoms with van der Waals surface area (Å²) in [4.78, 5) is 18.1. The maximum atomic E-state index is 11.2. The Hall–Kier alpha value is -0.940. The highest BCUT2D eigenvalue weighted by Gasteiger charge is 2.33. The van der Waals surface area contributed by atoms with Gasteiger partial charge in [0.2, 0.25) is 0 Å². The average Bonchev–Trinajstić information content (AvgIpc) is 2.78. The van der Waals surface area contributed by atoms with Gasteiger partial charge in [-0.05, 0) is 40.3 Å². The van der Waals surface area contributed by atoms with Gasteiger partial charge < -0.3 is 10.0 Å². The highest BCUT2D eigenvalue weighted by Crippen LogP contribution is 2.32. The Kier molecular flexibility index (Phi) is 3.73. The van der Waals surface area contributed by atoms with Gasteiger partial charge in [0.15, 0.2) is 0 Å². The van der Waals surface area contributed by atoms with Crippen LogP contribution in [-0.4, -0.2) is 41.1 Å². The van der Waals surface area contributed by atoms with Crippen LogP contribution in [-0.2, 0) is 10.2 Å². The number of thiazole rings is 1. The third-order valence-corrected chi connectivity index (χ3v) is 4.68. The molecular weight excluding hydrogens is 248 g/mol. The van der Waals surface area contributed by atoms with Gasteiger partial charge in [0, 0.05) is 17.8 Å². The number of piperidine rings is 1. The number of hydrogen-bond acceptors (Lipinski definition) is 4. The molecule has 2 rings (SSSR count). The van der Waals surface area contributed by atoms with Crippen molar-refractivity contribution in [2.75, 3.05) is 20.1 Å². The van der Waals surface area contributed by atoms with Crippen LogP contribution in [0, 0.1) is 0 Å². The quantitative estimate of drug-likeness (QED) is 0.914. The minimum absolute atomic E-state index is 0.465. The van der Waals surface area contributed by atoms with Crippen LogP contribution in [0.25, 0.3) is 0 Å². The van der Waals surface area contributed by atoms with Gasteiger partial charge in [0.05, 0.1) is 10.7 Å². The van der Waals surface area contributed by atoms with Gasteiger partial charge in [-0.3, -0.25) is 4.79 Å². The van der Waals surface area contributed by atoms with Crippen molar-refractivity contribution in [3.63, 3.8) is 0 Å². The van der Waals surface area contributed by atoms with E-state index in [1.54, 1.807) is 25.2 Å². The van der Waals surface area contributed by atoms with E-state index >= 15 is 0 Å². The van der Waals surface area contributed by atoms with E-state index in [1.807, 2.05) is 5.38 Å². The van der Waals surface area contributed by atoms with Crippen LogP contribution in [0.5, 0.6) is 0 Å².